The second-order valence-electron chi connectivity index (χ2n) is 6.63. The third-order valence-corrected chi connectivity index (χ3v) is 4.79. The molecular formula is C22H21NO2. The van der Waals surface area contributed by atoms with E-state index >= 15 is 0 Å². The Balaban J connectivity index is 1.91. The molecule has 0 radical (unpaired) electrons. The Labute approximate surface area is 148 Å². The highest BCUT2D eigenvalue weighted by atomic mass is 16.2. The van der Waals surface area contributed by atoms with E-state index in [1.165, 1.54) is 0 Å². The molecule has 3 nitrogen and oxygen atoms in total. The van der Waals surface area contributed by atoms with Gasteiger partial charge in [-0.15, -0.1) is 5.92 Å². The summed E-state index contributed by atoms with van der Waals surface area (Å²) in [6.45, 7) is 5.70. The van der Waals surface area contributed by atoms with E-state index in [9.17, 15) is 9.59 Å². The number of carbonyl (C=O) groups excluding carboxylic acids is 2. The van der Waals surface area contributed by atoms with Crippen LogP contribution in [-0.4, -0.2) is 16.6 Å². The summed E-state index contributed by atoms with van der Waals surface area (Å²) in [5.74, 6) is 5.06. The van der Waals surface area contributed by atoms with E-state index in [0.717, 1.165) is 27.9 Å². The Morgan fingerprint density at radius 3 is 2.48 bits per heavy atom. The number of rotatable bonds is 3. The molecule has 0 saturated heterocycles. The molecule has 1 aliphatic carbocycles. The molecule has 2 atom stereocenters. The lowest BCUT2D eigenvalue weighted by Gasteiger charge is -2.16. The second-order valence-corrected chi connectivity index (χ2v) is 6.63. The average molecular weight is 331 g/mol. The molecule has 0 aliphatic heterocycles. The number of aryl methyl sites for hydroxylation is 2. The Hall–Kier alpha value is -2.73. The molecule has 0 spiro atoms. The highest BCUT2D eigenvalue weighted by Gasteiger charge is 2.43. The summed E-state index contributed by atoms with van der Waals surface area (Å²) < 4.78 is 0. The molecular weight excluding hydrogens is 310 g/mol. The van der Waals surface area contributed by atoms with Crippen molar-refractivity contribution >= 4 is 11.6 Å². The largest absolute Gasteiger partial charge is 0.298 e. The minimum absolute atomic E-state index is 0.0199. The van der Waals surface area contributed by atoms with Gasteiger partial charge >= 0.3 is 0 Å². The lowest BCUT2D eigenvalue weighted by Crippen LogP contribution is -2.19. The highest BCUT2D eigenvalue weighted by molar-refractivity contribution is 6.15. The fraction of sp³-hybridized carbons (Fsp3) is 0.318. The minimum atomic E-state index is -0.641. The second kappa shape index (κ2) is 7.03. The fourth-order valence-corrected chi connectivity index (χ4v) is 3.75. The van der Waals surface area contributed by atoms with Gasteiger partial charge in [0.15, 0.2) is 5.78 Å². The molecule has 2 aromatic rings. The number of Topliss-reactive ketones (excluding diaryl/α,β-unsaturated/α-hetero) is 2. The van der Waals surface area contributed by atoms with Crippen LogP contribution < -0.4 is 0 Å². The van der Waals surface area contributed by atoms with Gasteiger partial charge in [-0.25, -0.2) is 0 Å². The fourth-order valence-electron chi connectivity index (χ4n) is 3.75. The van der Waals surface area contributed by atoms with Crippen molar-refractivity contribution < 1.29 is 9.59 Å². The van der Waals surface area contributed by atoms with E-state index in [4.69, 9.17) is 0 Å². The molecule has 0 amide bonds. The minimum Gasteiger partial charge on any atom is -0.298 e. The zero-order valence-electron chi connectivity index (χ0n) is 14.8. The Morgan fingerprint density at radius 2 is 1.88 bits per heavy atom. The van der Waals surface area contributed by atoms with E-state index < -0.39 is 5.92 Å². The number of hydrogen-bond acceptors (Lipinski definition) is 3. The van der Waals surface area contributed by atoms with E-state index in [1.54, 1.807) is 13.1 Å². The van der Waals surface area contributed by atoms with Gasteiger partial charge in [0, 0.05) is 29.8 Å². The molecule has 1 aromatic carbocycles. The molecule has 1 aliphatic rings. The van der Waals surface area contributed by atoms with Crippen molar-refractivity contribution in [2.45, 2.75) is 39.5 Å². The van der Waals surface area contributed by atoms with Crippen LogP contribution in [0.25, 0.3) is 0 Å². The van der Waals surface area contributed by atoms with Crippen molar-refractivity contribution in [1.82, 2.24) is 4.98 Å². The van der Waals surface area contributed by atoms with E-state index in [0.29, 0.717) is 12.8 Å². The van der Waals surface area contributed by atoms with Gasteiger partial charge in [0.2, 0.25) is 0 Å². The van der Waals surface area contributed by atoms with Crippen LogP contribution in [0.3, 0.4) is 0 Å². The van der Waals surface area contributed by atoms with Crippen molar-refractivity contribution in [3.8, 4) is 11.8 Å². The summed E-state index contributed by atoms with van der Waals surface area (Å²) in [5, 5.41) is 0. The number of pyridine rings is 1. The standard InChI is InChI=1S/C22H21NO2/c1-4-7-16-10-14(2)20(15(3)11-16)21-19(24)13-17(22(21)25)12-18-8-5-6-9-23-18/h5-6,8-11,17,21H,12-13H2,1-3H3/t17-,21?/m1/s1. The molecule has 1 heterocycles. The highest BCUT2D eigenvalue weighted by Crippen LogP contribution is 2.37. The number of benzene rings is 1. The van der Waals surface area contributed by atoms with Gasteiger partial charge in [0.05, 0.1) is 0 Å². The predicted octanol–water partition coefficient (Wildman–Crippen LogP) is 3.55. The molecule has 0 bridgehead atoms. The normalized spacial score (nSPS) is 19.6. The van der Waals surface area contributed by atoms with Crippen molar-refractivity contribution in [1.29, 1.82) is 0 Å². The summed E-state index contributed by atoms with van der Waals surface area (Å²) in [5.41, 5.74) is 4.56. The Kier molecular flexibility index (Phi) is 4.81. The number of aromatic nitrogens is 1. The lowest BCUT2D eigenvalue weighted by molar-refractivity contribution is -0.124. The maximum absolute atomic E-state index is 13.0. The average Bonchev–Trinajstić information content (AvgIpc) is 2.83. The molecule has 1 aromatic heterocycles. The topological polar surface area (TPSA) is 47.0 Å². The first-order chi connectivity index (χ1) is 12.0. The van der Waals surface area contributed by atoms with Gasteiger partial charge in [-0.05, 0) is 68.1 Å². The van der Waals surface area contributed by atoms with Gasteiger partial charge in [-0.3, -0.25) is 14.6 Å². The number of ketones is 2. The van der Waals surface area contributed by atoms with Crippen molar-refractivity contribution in [2.24, 2.45) is 5.92 Å². The summed E-state index contributed by atoms with van der Waals surface area (Å²) in [6.07, 6.45) is 2.55. The quantitative estimate of drug-likeness (QED) is 0.638. The monoisotopic (exact) mass is 331 g/mol. The molecule has 1 saturated carbocycles. The van der Waals surface area contributed by atoms with Crippen LogP contribution >= 0.6 is 0 Å². The molecule has 3 heteroatoms. The van der Waals surface area contributed by atoms with Gasteiger partial charge in [-0.1, -0.05) is 12.0 Å². The van der Waals surface area contributed by atoms with Gasteiger partial charge in [0.25, 0.3) is 0 Å². The molecule has 126 valence electrons. The van der Waals surface area contributed by atoms with Crippen molar-refractivity contribution in [3.63, 3.8) is 0 Å². The maximum atomic E-state index is 13.0. The molecule has 0 N–H and O–H groups in total. The van der Waals surface area contributed by atoms with Gasteiger partial charge < -0.3 is 0 Å². The van der Waals surface area contributed by atoms with Crippen LogP contribution in [0.15, 0.2) is 36.5 Å². The first-order valence-electron chi connectivity index (χ1n) is 8.51. The number of hydrogen-bond donors (Lipinski definition) is 0. The predicted molar refractivity (Wildman–Crippen MR) is 97.3 cm³/mol. The zero-order chi connectivity index (χ0) is 18.0. The van der Waals surface area contributed by atoms with E-state index in [1.807, 2.05) is 44.2 Å². The SMILES string of the molecule is CC#Cc1cc(C)c(C2C(=O)C[C@@H](Cc3ccccn3)C2=O)c(C)c1. The summed E-state index contributed by atoms with van der Waals surface area (Å²) >= 11 is 0. The number of carbonyl (C=O) groups is 2. The Morgan fingerprint density at radius 1 is 1.16 bits per heavy atom. The smallest absolute Gasteiger partial charge is 0.151 e. The maximum Gasteiger partial charge on any atom is 0.151 e. The van der Waals surface area contributed by atoms with Gasteiger partial charge in [-0.2, -0.15) is 0 Å². The van der Waals surface area contributed by atoms with Crippen LogP contribution in [0.1, 0.15) is 47.2 Å². The lowest BCUT2D eigenvalue weighted by atomic mass is 9.86. The molecule has 3 rings (SSSR count). The molecule has 1 fully saturated rings. The number of nitrogens with zero attached hydrogens (tertiary/aromatic N) is 1. The summed E-state index contributed by atoms with van der Waals surface area (Å²) in [6, 6.07) is 9.58. The van der Waals surface area contributed by atoms with E-state index in [-0.39, 0.29) is 17.5 Å². The Bertz CT molecular complexity index is 864. The van der Waals surface area contributed by atoms with Crippen LogP contribution in [0.4, 0.5) is 0 Å². The van der Waals surface area contributed by atoms with Gasteiger partial charge in [0.1, 0.15) is 11.7 Å². The molecule has 25 heavy (non-hydrogen) atoms. The van der Waals surface area contributed by atoms with E-state index in [2.05, 4.69) is 16.8 Å². The first kappa shape index (κ1) is 17.1. The van der Waals surface area contributed by atoms with Crippen LogP contribution in [0.2, 0.25) is 0 Å². The summed E-state index contributed by atoms with van der Waals surface area (Å²) in [4.78, 5) is 29.9. The first-order valence-corrected chi connectivity index (χ1v) is 8.51. The van der Waals surface area contributed by atoms with Crippen LogP contribution in [0.5, 0.6) is 0 Å². The van der Waals surface area contributed by atoms with Crippen molar-refractivity contribution in [3.05, 3.63) is 64.5 Å². The van der Waals surface area contributed by atoms with Crippen LogP contribution in [0, 0.1) is 31.6 Å². The molecule has 1 unspecified atom stereocenters. The zero-order valence-corrected chi connectivity index (χ0v) is 14.8. The van der Waals surface area contributed by atoms with Crippen LogP contribution in [-0.2, 0) is 16.0 Å². The third-order valence-electron chi connectivity index (χ3n) is 4.79. The summed E-state index contributed by atoms with van der Waals surface area (Å²) in [7, 11) is 0. The third kappa shape index (κ3) is 3.39. The van der Waals surface area contributed by atoms with Crippen molar-refractivity contribution in [2.75, 3.05) is 0 Å².